The first-order valence-electron chi connectivity index (χ1n) is 13.4. The number of nitrogens with zero attached hydrogens (tertiary/aromatic N) is 4. The van der Waals surface area contributed by atoms with Gasteiger partial charge in [-0.15, -0.1) is 5.10 Å². The van der Waals surface area contributed by atoms with E-state index < -0.39 is 11.6 Å². The number of benzene rings is 3. The van der Waals surface area contributed by atoms with Crippen LogP contribution >= 0.6 is 0 Å². The van der Waals surface area contributed by atoms with Gasteiger partial charge in [-0.2, -0.15) is 0 Å². The van der Waals surface area contributed by atoms with Crippen molar-refractivity contribution in [2.45, 2.75) is 58.2 Å². The van der Waals surface area contributed by atoms with Crippen molar-refractivity contribution in [3.63, 3.8) is 0 Å². The topological polar surface area (TPSA) is 98.6 Å². The standard InChI is InChI=1S/C31H35N5O4/c1-31(2,3)32-30(38)29(22-16-24(39-4)18-25(17-22)40-5)36(23-14-13-20-9-8-10-21(20)15-23)28(37)19-35-27-12-7-6-11-26(27)33-34-35/h6-7,11-18,29H,8-10,19H2,1-5H3,(H,32,38)/t29-/m1/s1. The Labute approximate surface area is 234 Å². The Morgan fingerprint density at radius 1 is 0.975 bits per heavy atom. The molecule has 9 nitrogen and oxygen atoms in total. The van der Waals surface area contributed by atoms with E-state index in [9.17, 15) is 9.59 Å². The number of carbonyl (C=O) groups excluding carboxylic acids is 2. The number of rotatable bonds is 8. The fourth-order valence-corrected chi connectivity index (χ4v) is 5.23. The van der Waals surface area contributed by atoms with Gasteiger partial charge in [0.1, 0.15) is 29.6 Å². The summed E-state index contributed by atoms with van der Waals surface area (Å²) in [5, 5.41) is 11.5. The summed E-state index contributed by atoms with van der Waals surface area (Å²) in [5.41, 5.74) is 4.58. The molecule has 208 valence electrons. The smallest absolute Gasteiger partial charge is 0.249 e. The minimum atomic E-state index is -1.01. The minimum absolute atomic E-state index is 0.0992. The second kappa shape index (κ2) is 11.0. The van der Waals surface area contributed by atoms with Crippen molar-refractivity contribution in [2.24, 2.45) is 0 Å². The molecule has 0 bridgehead atoms. The second-order valence-corrected chi connectivity index (χ2v) is 11.1. The van der Waals surface area contributed by atoms with Crippen LogP contribution in [0.2, 0.25) is 0 Å². The van der Waals surface area contributed by atoms with Crippen molar-refractivity contribution in [3.05, 3.63) is 77.4 Å². The van der Waals surface area contributed by atoms with Crippen molar-refractivity contribution >= 4 is 28.5 Å². The SMILES string of the molecule is COc1cc(OC)cc([C@H](C(=O)NC(C)(C)C)N(C(=O)Cn2nnc3ccccc32)c2ccc3c(c2)CCC3)c1. The van der Waals surface area contributed by atoms with Crippen molar-refractivity contribution in [2.75, 3.05) is 19.1 Å². The first kappa shape index (κ1) is 27.2. The van der Waals surface area contributed by atoms with Crippen LogP contribution in [0, 0.1) is 0 Å². The Hall–Kier alpha value is -4.40. The van der Waals surface area contributed by atoms with Gasteiger partial charge < -0.3 is 14.8 Å². The Balaban J connectivity index is 1.66. The van der Waals surface area contributed by atoms with Crippen molar-refractivity contribution < 1.29 is 19.1 Å². The van der Waals surface area contributed by atoms with E-state index in [1.807, 2.05) is 57.2 Å². The number of aryl methyl sites for hydroxylation is 2. The summed E-state index contributed by atoms with van der Waals surface area (Å²) in [6.07, 6.45) is 3.01. The van der Waals surface area contributed by atoms with Crippen molar-refractivity contribution in [3.8, 4) is 11.5 Å². The quantitative estimate of drug-likeness (QED) is 0.349. The van der Waals surface area contributed by atoms with Gasteiger partial charge in [-0.25, -0.2) is 4.68 Å². The van der Waals surface area contributed by atoms with Gasteiger partial charge in [0.15, 0.2) is 0 Å². The summed E-state index contributed by atoms with van der Waals surface area (Å²) in [6.45, 7) is 5.64. The van der Waals surface area contributed by atoms with Gasteiger partial charge in [0.2, 0.25) is 11.8 Å². The lowest BCUT2D eigenvalue weighted by Gasteiger charge is -2.34. The van der Waals surface area contributed by atoms with E-state index in [0.29, 0.717) is 28.3 Å². The fourth-order valence-electron chi connectivity index (χ4n) is 5.23. The molecule has 1 aromatic heterocycles. The molecule has 1 aliphatic carbocycles. The summed E-state index contributed by atoms with van der Waals surface area (Å²) < 4.78 is 12.6. The van der Waals surface area contributed by atoms with Crippen LogP contribution in [0.4, 0.5) is 5.69 Å². The molecule has 0 spiro atoms. The van der Waals surface area contributed by atoms with Gasteiger partial charge in [0.25, 0.3) is 0 Å². The highest BCUT2D eigenvalue weighted by atomic mass is 16.5. The Bertz CT molecular complexity index is 1530. The molecule has 0 saturated carbocycles. The molecule has 1 heterocycles. The second-order valence-electron chi connectivity index (χ2n) is 11.1. The highest BCUT2D eigenvalue weighted by molar-refractivity contribution is 6.02. The van der Waals surface area contributed by atoms with Crippen LogP contribution in [0.25, 0.3) is 11.0 Å². The Kier molecular flexibility index (Phi) is 7.47. The van der Waals surface area contributed by atoms with E-state index in [2.05, 4.69) is 21.7 Å². The molecule has 3 aromatic carbocycles. The number of methoxy groups -OCH3 is 2. The number of hydrogen-bond donors (Lipinski definition) is 1. The van der Waals surface area contributed by atoms with Gasteiger partial charge in [-0.05, 0) is 93.1 Å². The summed E-state index contributed by atoms with van der Waals surface area (Å²) in [4.78, 5) is 30.0. The molecule has 0 saturated heterocycles. The van der Waals surface area contributed by atoms with E-state index >= 15 is 0 Å². The van der Waals surface area contributed by atoms with Gasteiger partial charge in [-0.3, -0.25) is 14.5 Å². The number of para-hydroxylation sites is 1. The highest BCUT2D eigenvalue weighted by Crippen LogP contribution is 2.36. The maximum atomic E-state index is 14.3. The fraction of sp³-hybridized carbons (Fsp3) is 0.355. The average Bonchev–Trinajstić information content (AvgIpc) is 3.56. The van der Waals surface area contributed by atoms with Crippen LogP contribution in [-0.2, 0) is 29.0 Å². The Morgan fingerprint density at radius 2 is 1.68 bits per heavy atom. The van der Waals surface area contributed by atoms with Crippen LogP contribution in [0.15, 0.2) is 60.7 Å². The van der Waals surface area contributed by atoms with Crippen LogP contribution in [0.1, 0.15) is 49.9 Å². The molecular formula is C31H35N5O4. The highest BCUT2D eigenvalue weighted by Gasteiger charge is 2.36. The molecule has 0 radical (unpaired) electrons. The van der Waals surface area contributed by atoms with Crippen LogP contribution in [-0.4, -0.2) is 46.6 Å². The number of amides is 2. The van der Waals surface area contributed by atoms with E-state index in [-0.39, 0.29) is 18.4 Å². The summed E-state index contributed by atoms with van der Waals surface area (Å²) in [5.74, 6) is 0.419. The zero-order valence-electron chi connectivity index (χ0n) is 23.6. The monoisotopic (exact) mass is 541 g/mol. The number of carbonyl (C=O) groups is 2. The molecule has 0 aliphatic heterocycles. The molecule has 1 N–H and O–H groups in total. The predicted octanol–water partition coefficient (Wildman–Crippen LogP) is 4.63. The summed E-state index contributed by atoms with van der Waals surface area (Å²) in [6, 6.07) is 17.8. The number of anilines is 1. The molecule has 2 amide bonds. The molecule has 0 fully saturated rings. The van der Waals surface area contributed by atoms with Gasteiger partial charge in [0.05, 0.1) is 19.7 Å². The molecule has 1 aliphatic rings. The zero-order valence-corrected chi connectivity index (χ0v) is 23.6. The third-order valence-electron chi connectivity index (χ3n) is 7.03. The molecule has 1 atom stereocenters. The van der Waals surface area contributed by atoms with Gasteiger partial charge in [0, 0.05) is 17.3 Å². The van der Waals surface area contributed by atoms with E-state index in [0.717, 1.165) is 24.8 Å². The molecule has 5 rings (SSSR count). The van der Waals surface area contributed by atoms with Crippen molar-refractivity contribution in [1.82, 2.24) is 20.3 Å². The Morgan fingerprint density at radius 3 is 2.38 bits per heavy atom. The zero-order chi connectivity index (χ0) is 28.4. The summed E-state index contributed by atoms with van der Waals surface area (Å²) >= 11 is 0. The van der Waals surface area contributed by atoms with E-state index in [4.69, 9.17) is 9.47 Å². The van der Waals surface area contributed by atoms with E-state index in [1.54, 1.807) is 42.0 Å². The largest absolute Gasteiger partial charge is 0.497 e. The van der Waals surface area contributed by atoms with Crippen LogP contribution < -0.4 is 19.7 Å². The van der Waals surface area contributed by atoms with Gasteiger partial charge >= 0.3 is 0 Å². The maximum absolute atomic E-state index is 14.3. The number of aromatic nitrogens is 3. The lowest BCUT2D eigenvalue weighted by molar-refractivity contribution is -0.128. The minimum Gasteiger partial charge on any atom is -0.497 e. The number of fused-ring (bicyclic) bond motifs is 2. The predicted molar refractivity (Wildman–Crippen MR) is 154 cm³/mol. The summed E-state index contributed by atoms with van der Waals surface area (Å²) in [7, 11) is 3.12. The lowest BCUT2D eigenvalue weighted by Crippen LogP contribution is -2.50. The molecule has 40 heavy (non-hydrogen) atoms. The number of ether oxygens (including phenoxy) is 2. The van der Waals surface area contributed by atoms with Crippen LogP contribution in [0.3, 0.4) is 0 Å². The molecule has 0 unspecified atom stereocenters. The maximum Gasteiger partial charge on any atom is 0.249 e. The molecule has 4 aromatic rings. The van der Waals surface area contributed by atoms with Gasteiger partial charge in [-0.1, -0.05) is 23.4 Å². The molecule has 9 heteroatoms. The van der Waals surface area contributed by atoms with Crippen LogP contribution in [0.5, 0.6) is 11.5 Å². The molecular weight excluding hydrogens is 506 g/mol. The normalized spacial score (nSPS) is 13.5. The first-order valence-corrected chi connectivity index (χ1v) is 13.4. The van der Waals surface area contributed by atoms with Crippen molar-refractivity contribution in [1.29, 1.82) is 0 Å². The number of hydrogen-bond acceptors (Lipinski definition) is 6. The third-order valence-corrected chi connectivity index (χ3v) is 7.03. The van der Waals surface area contributed by atoms with E-state index in [1.165, 1.54) is 11.1 Å². The lowest BCUT2D eigenvalue weighted by atomic mass is 9.99. The first-order chi connectivity index (χ1) is 19.2. The third kappa shape index (κ3) is 5.64. The average molecular weight is 542 g/mol. The number of nitrogens with one attached hydrogen (secondary N) is 1.